The molecule has 8 nitrogen and oxygen atoms in total. The van der Waals surface area contributed by atoms with Crippen molar-refractivity contribution < 1.29 is 27.5 Å². The van der Waals surface area contributed by atoms with Crippen LogP contribution in [0.2, 0.25) is 0 Å². The van der Waals surface area contributed by atoms with E-state index in [-0.39, 0.29) is 5.75 Å². The van der Waals surface area contributed by atoms with Gasteiger partial charge in [-0.3, -0.25) is 9.59 Å². The van der Waals surface area contributed by atoms with E-state index in [1.807, 2.05) is 0 Å². The van der Waals surface area contributed by atoms with Gasteiger partial charge in [0.1, 0.15) is 11.8 Å². The number of carbonyl (C=O) groups excluding carboxylic acids is 2. The summed E-state index contributed by atoms with van der Waals surface area (Å²) in [4.78, 5) is 24.2. The number of ether oxygens (including phenoxy) is 2. The molecule has 1 atom stereocenters. The highest BCUT2D eigenvalue weighted by Crippen LogP contribution is 2.23. The van der Waals surface area contributed by atoms with Crippen LogP contribution >= 0.6 is 0 Å². The molecule has 1 fully saturated rings. The molecule has 1 aromatic rings. The zero-order chi connectivity index (χ0) is 19.2. The molecular weight excluding hydrogens is 360 g/mol. The van der Waals surface area contributed by atoms with Crippen LogP contribution < -0.4 is 10.1 Å². The largest absolute Gasteiger partial charge is 0.497 e. The molecule has 0 aromatic heterocycles. The fourth-order valence-corrected chi connectivity index (χ4v) is 4.55. The Morgan fingerprint density at radius 1 is 1.35 bits per heavy atom. The van der Waals surface area contributed by atoms with Crippen molar-refractivity contribution in [2.45, 2.75) is 32.2 Å². The predicted molar refractivity (Wildman–Crippen MR) is 96.4 cm³/mol. The van der Waals surface area contributed by atoms with E-state index in [0.717, 1.165) is 0 Å². The summed E-state index contributed by atoms with van der Waals surface area (Å²) in [5.41, 5.74) is 0.512. The van der Waals surface area contributed by atoms with Gasteiger partial charge in [0.15, 0.2) is 6.61 Å². The lowest BCUT2D eigenvalue weighted by molar-refractivity contribution is -0.150. The molecule has 1 amide bonds. The molecule has 1 aliphatic heterocycles. The SMILES string of the molecule is CCCS(=O)(=O)N1CCCC1C(=O)OCC(=O)Nc1cccc(OC)c1. The Bertz CT molecular complexity index is 749. The minimum atomic E-state index is -3.48. The van der Waals surface area contributed by atoms with Crippen molar-refractivity contribution in [1.82, 2.24) is 4.31 Å². The van der Waals surface area contributed by atoms with E-state index in [2.05, 4.69) is 5.32 Å². The molecule has 0 aliphatic carbocycles. The first kappa shape index (κ1) is 20.2. The molecule has 0 bridgehead atoms. The predicted octanol–water partition coefficient (Wildman–Crippen LogP) is 1.38. The average Bonchev–Trinajstić information content (AvgIpc) is 3.10. The second-order valence-electron chi connectivity index (χ2n) is 5.97. The first-order valence-electron chi connectivity index (χ1n) is 8.47. The van der Waals surface area contributed by atoms with Crippen molar-refractivity contribution in [3.05, 3.63) is 24.3 Å². The number of anilines is 1. The highest BCUT2D eigenvalue weighted by atomic mass is 32.2. The first-order valence-corrected chi connectivity index (χ1v) is 10.1. The molecule has 0 spiro atoms. The normalized spacial score (nSPS) is 17.7. The average molecular weight is 384 g/mol. The van der Waals surface area contributed by atoms with E-state index in [0.29, 0.717) is 37.2 Å². The van der Waals surface area contributed by atoms with Crippen LogP contribution in [0.5, 0.6) is 5.75 Å². The Balaban J connectivity index is 1.90. The van der Waals surface area contributed by atoms with Crippen LogP contribution in [0.15, 0.2) is 24.3 Å². The highest BCUT2D eigenvalue weighted by Gasteiger charge is 2.39. The number of benzene rings is 1. The van der Waals surface area contributed by atoms with Gasteiger partial charge < -0.3 is 14.8 Å². The standard InChI is InChI=1S/C17H24N2O6S/c1-3-10-26(22,23)19-9-5-8-15(19)17(21)25-12-16(20)18-13-6-4-7-14(11-13)24-2/h4,6-7,11,15H,3,5,8-10,12H2,1-2H3,(H,18,20). The molecule has 1 aliphatic rings. The van der Waals surface area contributed by atoms with Crippen LogP contribution in [-0.4, -0.2) is 56.7 Å². The Morgan fingerprint density at radius 3 is 2.81 bits per heavy atom. The molecule has 1 heterocycles. The van der Waals surface area contributed by atoms with Gasteiger partial charge in [-0.2, -0.15) is 4.31 Å². The molecule has 0 radical (unpaired) electrons. The Morgan fingerprint density at radius 2 is 2.12 bits per heavy atom. The number of methoxy groups -OCH3 is 1. The number of hydrogen-bond donors (Lipinski definition) is 1. The number of nitrogens with zero attached hydrogens (tertiary/aromatic N) is 1. The summed E-state index contributed by atoms with van der Waals surface area (Å²) in [6, 6.07) is 5.92. The molecule has 1 N–H and O–H groups in total. The number of carbonyl (C=O) groups is 2. The van der Waals surface area contributed by atoms with Crippen LogP contribution in [0.1, 0.15) is 26.2 Å². The molecule has 144 valence electrons. The second kappa shape index (κ2) is 9.00. The number of amides is 1. The summed E-state index contributed by atoms with van der Waals surface area (Å²) in [6.45, 7) is 1.59. The summed E-state index contributed by atoms with van der Waals surface area (Å²) in [6.07, 6.45) is 1.47. The van der Waals surface area contributed by atoms with Gasteiger partial charge in [0.25, 0.3) is 5.91 Å². The van der Waals surface area contributed by atoms with Crippen molar-refractivity contribution in [2.24, 2.45) is 0 Å². The second-order valence-corrected chi connectivity index (χ2v) is 8.01. The third-order valence-electron chi connectivity index (χ3n) is 3.99. The van der Waals surface area contributed by atoms with E-state index >= 15 is 0 Å². The summed E-state index contributed by atoms with van der Waals surface area (Å²) in [5.74, 6) is -0.620. The molecular formula is C17H24N2O6S. The number of hydrogen-bond acceptors (Lipinski definition) is 6. The zero-order valence-electron chi connectivity index (χ0n) is 14.9. The maximum absolute atomic E-state index is 12.2. The van der Waals surface area contributed by atoms with Crippen molar-refractivity contribution in [2.75, 3.05) is 31.3 Å². The van der Waals surface area contributed by atoms with E-state index in [1.165, 1.54) is 11.4 Å². The van der Waals surface area contributed by atoms with Gasteiger partial charge in [-0.05, 0) is 31.4 Å². The fourth-order valence-electron chi connectivity index (χ4n) is 2.81. The van der Waals surface area contributed by atoms with Gasteiger partial charge in [-0.25, -0.2) is 8.42 Å². The van der Waals surface area contributed by atoms with Gasteiger partial charge in [0.2, 0.25) is 10.0 Å². The summed E-state index contributed by atoms with van der Waals surface area (Å²) < 4.78 is 35.7. The highest BCUT2D eigenvalue weighted by molar-refractivity contribution is 7.89. The minimum absolute atomic E-state index is 0.00684. The van der Waals surface area contributed by atoms with Gasteiger partial charge in [0, 0.05) is 18.3 Å². The fraction of sp³-hybridized carbons (Fsp3) is 0.529. The molecule has 1 unspecified atom stereocenters. The Labute approximate surface area is 153 Å². The lowest BCUT2D eigenvalue weighted by Gasteiger charge is -2.22. The molecule has 26 heavy (non-hydrogen) atoms. The van der Waals surface area contributed by atoms with Crippen LogP contribution in [0.3, 0.4) is 0 Å². The van der Waals surface area contributed by atoms with Crippen molar-refractivity contribution in [1.29, 1.82) is 0 Å². The smallest absolute Gasteiger partial charge is 0.324 e. The Kier molecular flexibility index (Phi) is 6.98. The van der Waals surface area contributed by atoms with Gasteiger partial charge in [0.05, 0.1) is 12.9 Å². The maximum atomic E-state index is 12.2. The molecule has 0 saturated carbocycles. The molecule has 2 rings (SSSR count). The van der Waals surface area contributed by atoms with Gasteiger partial charge in [-0.15, -0.1) is 0 Å². The van der Waals surface area contributed by atoms with E-state index in [9.17, 15) is 18.0 Å². The quantitative estimate of drug-likeness (QED) is 0.680. The number of nitrogens with one attached hydrogen (secondary N) is 1. The van der Waals surface area contributed by atoms with Crippen LogP contribution in [0, 0.1) is 0 Å². The molecule has 9 heteroatoms. The summed E-state index contributed by atoms with van der Waals surface area (Å²) >= 11 is 0. The van der Waals surface area contributed by atoms with Gasteiger partial charge >= 0.3 is 5.97 Å². The lowest BCUT2D eigenvalue weighted by atomic mass is 10.2. The topological polar surface area (TPSA) is 102 Å². The van der Waals surface area contributed by atoms with E-state index in [4.69, 9.17) is 9.47 Å². The number of rotatable bonds is 8. The third kappa shape index (κ3) is 5.18. The van der Waals surface area contributed by atoms with E-state index in [1.54, 1.807) is 31.2 Å². The molecule has 1 saturated heterocycles. The van der Waals surface area contributed by atoms with E-state index < -0.39 is 34.5 Å². The van der Waals surface area contributed by atoms with Crippen molar-refractivity contribution in [3.8, 4) is 5.75 Å². The van der Waals surface area contributed by atoms with Gasteiger partial charge in [-0.1, -0.05) is 13.0 Å². The number of sulfonamides is 1. The van der Waals surface area contributed by atoms with Crippen LogP contribution in [-0.2, 0) is 24.3 Å². The Hall–Kier alpha value is -2.13. The number of esters is 1. The minimum Gasteiger partial charge on any atom is -0.497 e. The zero-order valence-corrected chi connectivity index (χ0v) is 15.8. The molecule has 1 aromatic carbocycles. The van der Waals surface area contributed by atoms with Crippen molar-refractivity contribution >= 4 is 27.6 Å². The monoisotopic (exact) mass is 384 g/mol. The first-order chi connectivity index (χ1) is 12.4. The van der Waals surface area contributed by atoms with Crippen LogP contribution in [0.25, 0.3) is 0 Å². The van der Waals surface area contributed by atoms with Crippen molar-refractivity contribution in [3.63, 3.8) is 0 Å². The van der Waals surface area contributed by atoms with Crippen LogP contribution in [0.4, 0.5) is 5.69 Å². The third-order valence-corrected chi connectivity index (χ3v) is 6.07. The maximum Gasteiger partial charge on any atom is 0.324 e. The summed E-state index contributed by atoms with van der Waals surface area (Å²) in [7, 11) is -1.96. The lowest BCUT2D eigenvalue weighted by Crippen LogP contribution is -2.43. The summed E-state index contributed by atoms with van der Waals surface area (Å²) in [5, 5.41) is 2.60.